The summed E-state index contributed by atoms with van der Waals surface area (Å²) in [4.78, 5) is 62.4. The van der Waals surface area contributed by atoms with Crippen molar-refractivity contribution >= 4 is 51.7 Å². The van der Waals surface area contributed by atoms with Crippen LogP contribution in [0.4, 0.5) is 17.5 Å². The molecule has 8 aliphatic heterocycles. The Bertz CT molecular complexity index is 5640. The molecule has 0 aliphatic carbocycles. The van der Waals surface area contributed by atoms with Crippen molar-refractivity contribution in [3.8, 4) is 122 Å². The van der Waals surface area contributed by atoms with Crippen LogP contribution in [-0.4, -0.2) is 181 Å². The highest BCUT2D eigenvalue weighted by molar-refractivity contribution is 5.96. The van der Waals surface area contributed by atoms with Crippen LogP contribution in [0, 0.1) is 71.0 Å². The van der Waals surface area contributed by atoms with E-state index in [0.29, 0.717) is 29.8 Å². The van der Waals surface area contributed by atoms with E-state index < -0.39 is 0 Å². The lowest BCUT2D eigenvalue weighted by atomic mass is 9.87. The molecule has 27 nitrogen and oxygen atoms in total. The standard InChI is InChI=1S/C26H22N8O.2C25H20N8O/c1-3-25(35)34-21-5-6-22(34)16-32(15-21)24-7-4-17(10-28-24)23-8-18(20-12-29-31(2)13-20)14-33-26(23)19(9-27)11-30-33;1-3-24(34)31-14-20-7-21(15-31)33(20)23-5-4-16(9-27-23)22-6-17(19-11-28-30(2)12-19)13-32-25(22)18(8-26)10-29-32;1-3-24(34)33-20-7-21(33)15-31(14-20)23-5-4-16(9-27-23)22-6-17(19-11-28-30(2)12-19)13-32-25(22)18(8-26)10-29-32/h1,4,7-8,10-14,21-22H,5-6,15-16H2,2H3;2*1,4-6,9-13,20-21H,7,14-15H2,2H3. The zero-order valence-corrected chi connectivity index (χ0v) is 56.1. The molecule has 8 aliphatic rings. The van der Waals surface area contributed by atoms with E-state index in [2.05, 4.69) is 87.3 Å². The minimum atomic E-state index is -0.246. The number of piperazine rings is 3. The van der Waals surface area contributed by atoms with Gasteiger partial charge in [-0.1, -0.05) is 0 Å². The second-order valence-electron chi connectivity index (χ2n) is 26.5. The van der Waals surface area contributed by atoms with Gasteiger partial charge in [-0.25, -0.2) is 28.5 Å². The molecule has 0 spiro atoms. The van der Waals surface area contributed by atoms with E-state index >= 15 is 0 Å². The monoisotopic (exact) mass is 1360 g/mol. The molecule has 0 saturated carbocycles. The molecular formula is C76H62N24O3. The Morgan fingerprint density at radius 3 is 1.07 bits per heavy atom. The molecule has 6 atom stereocenters. The first-order chi connectivity index (χ1) is 50.2. The molecule has 12 aromatic rings. The first kappa shape index (κ1) is 63.8. The zero-order chi connectivity index (χ0) is 70.9. The Balaban J connectivity index is 0.000000119. The predicted molar refractivity (Wildman–Crippen MR) is 381 cm³/mol. The number of carbonyl (C=O) groups is 3. The van der Waals surface area contributed by atoms with E-state index in [-0.39, 0.29) is 54.0 Å². The fourth-order valence-electron chi connectivity index (χ4n) is 15.6. The number of hydrogen-bond acceptors (Lipinski definition) is 18. The third-order valence-electron chi connectivity index (χ3n) is 20.4. The number of aryl methyl sites for hydroxylation is 3. The number of nitriles is 3. The third-order valence-corrected chi connectivity index (χ3v) is 20.4. The van der Waals surface area contributed by atoms with Gasteiger partial charge in [-0.2, -0.15) is 46.4 Å². The molecule has 0 N–H and O–H groups in total. The average Bonchev–Trinajstić information content (AvgIpc) is 1.74. The molecule has 0 radical (unpaired) electrons. The van der Waals surface area contributed by atoms with Crippen LogP contribution < -0.4 is 14.7 Å². The summed E-state index contributed by atoms with van der Waals surface area (Å²) in [6.45, 7) is 4.13. The SMILES string of the molecule is C#CC(=O)N1C2CC1CN(c1ccc(-c3cc(-c4cnn(C)c4)cn4ncc(C#N)c34)cn1)C2.C#CC(=O)N1C2CCC1CN(c1ccc(-c3cc(-c4cnn(C)c4)cn4ncc(C#N)c34)cn1)C2.C#CC(=O)N1CC2CC(C1)N2c1ccc(-c2cc(-c3cnn(C)c3)cn3ncc(C#N)c23)cn1. The summed E-state index contributed by atoms with van der Waals surface area (Å²) in [5.74, 6) is 8.64. The summed E-state index contributed by atoms with van der Waals surface area (Å²) in [6, 6.07) is 25.9. The average molecular weight is 1360 g/mol. The lowest BCUT2D eigenvalue weighted by molar-refractivity contribution is -0.139. The number of pyridine rings is 6. The molecule has 27 heteroatoms. The van der Waals surface area contributed by atoms with Crippen LogP contribution in [0.5, 0.6) is 0 Å². The van der Waals surface area contributed by atoms with E-state index in [9.17, 15) is 30.2 Å². The van der Waals surface area contributed by atoms with Crippen LogP contribution in [0.3, 0.4) is 0 Å². The molecule has 8 saturated heterocycles. The van der Waals surface area contributed by atoms with Gasteiger partial charge in [0, 0.05) is 183 Å². The molecule has 6 unspecified atom stereocenters. The van der Waals surface area contributed by atoms with E-state index in [4.69, 9.17) is 34.2 Å². The first-order valence-corrected chi connectivity index (χ1v) is 33.4. The number of carbonyl (C=O) groups excluding carboxylic acids is 3. The Kier molecular flexibility index (Phi) is 16.0. The fourth-order valence-corrected chi connectivity index (χ4v) is 15.6. The smallest absolute Gasteiger partial charge is 0.298 e. The van der Waals surface area contributed by atoms with Crippen molar-refractivity contribution < 1.29 is 14.4 Å². The van der Waals surface area contributed by atoms with Gasteiger partial charge in [0.15, 0.2) is 0 Å². The Morgan fingerprint density at radius 1 is 0.388 bits per heavy atom. The number of anilines is 3. The number of piperidine rings is 2. The Labute approximate surface area is 590 Å². The molecule has 12 aromatic heterocycles. The number of amides is 3. The second kappa shape index (κ2) is 25.8. The molecule has 20 heterocycles. The largest absolute Gasteiger partial charge is 0.352 e. The number of fused-ring (bicyclic) bond motifs is 9. The highest BCUT2D eigenvalue weighted by Gasteiger charge is 2.48. The van der Waals surface area contributed by atoms with Gasteiger partial charge in [0.05, 0.1) is 107 Å². The van der Waals surface area contributed by atoms with Crippen molar-refractivity contribution in [3.05, 3.63) is 164 Å². The van der Waals surface area contributed by atoms with Crippen LogP contribution in [0.25, 0.3) is 83.3 Å². The van der Waals surface area contributed by atoms with Crippen molar-refractivity contribution in [1.82, 2.24) is 87.8 Å². The normalized spacial score (nSPS) is 19.0. The molecular weight excluding hydrogens is 1300 g/mol. The summed E-state index contributed by atoms with van der Waals surface area (Å²) < 4.78 is 10.5. The van der Waals surface area contributed by atoms with Crippen molar-refractivity contribution in [2.75, 3.05) is 54.0 Å². The topological polar surface area (TPSA) is 286 Å². The van der Waals surface area contributed by atoms with Gasteiger partial charge in [-0.05, 0) is 98.0 Å². The highest BCUT2D eigenvalue weighted by atomic mass is 16.2. The molecule has 20 rings (SSSR count). The van der Waals surface area contributed by atoms with Crippen molar-refractivity contribution in [3.63, 3.8) is 0 Å². The van der Waals surface area contributed by atoms with Crippen LogP contribution in [0.1, 0.15) is 42.4 Å². The maximum Gasteiger partial charge on any atom is 0.298 e. The maximum atomic E-state index is 12.2. The van der Waals surface area contributed by atoms with Gasteiger partial charge in [0.2, 0.25) is 0 Å². The minimum Gasteiger partial charge on any atom is -0.352 e. The number of terminal acetylenes is 3. The van der Waals surface area contributed by atoms with Crippen LogP contribution in [0.2, 0.25) is 0 Å². The van der Waals surface area contributed by atoms with E-state index in [1.54, 1.807) is 69.7 Å². The summed E-state index contributed by atoms with van der Waals surface area (Å²) in [5.41, 5.74) is 14.8. The highest BCUT2D eigenvalue weighted by Crippen LogP contribution is 2.41. The quantitative estimate of drug-likeness (QED) is 0.136. The van der Waals surface area contributed by atoms with Gasteiger partial charge in [-0.3, -0.25) is 28.4 Å². The summed E-state index contributed by atoms with van der Waals surface area (Å²) in [5, 5.41) is 54.9. The molecule has 0 aromatic carbocycles. The predicted octanol–water partition coefficient (Wildman–Crippen LogP) is 6.66. The number of nitrogens with zero attached hydrogens (tertiary/aromatic N) is 24. The number of rotatable bonds is 9. The van der Waals surface area contributed by atoms with Gasteiger partial charge < -0.3 is 29.4 Å². The van der Waals surface area contributed by atoms with E-state index in [0.717, 1.165) is 153 Å². The van der Waals surface area contributed by atoms with Crippen molar-refractivity contribution in [1.29, 1.82) is 15.8 Å². The van der Waals surface area contributed by atoms with Crippen molar-refractivity contribution in [2.24, 2.45) is 21.1 Å². The fraction of sp³-hybridized carbons (Fsp3) is 0.250. The minimum absolute atomic E-state index is 0.125. The van der Waals surface area contributed by atoms with E-state index in [1.807, 2.05) is 135 Å². The van der Waals surface area contributed by atoms with Gasteiger partial charge in [-0.15, -0.1) is 19.3 Å². The van der Waals surface area contributed by atoms with Crippen molar-refractivity contribution in [2.45, 2.75) is 61.9 Å². The second-order valence-corrected chi connectivity index (χ2v) is 26.5. The molecule has 103 heavy (non-hydrogen) atoms. The summed E-state index contributed by atoms with van der Waals surface area (Å²) in [7, 11) is 5.63. The lowest BCUT2D eigenvalue weighted by Crippen LogP contribution is -2.70. The van der Waals surface area contributed by atoms with Crippen LogP contribution >= 0.6 is 0 Å². The van der Waals surface area contributed by atoms with Gasteiger partial charge >= 0.3 is 0 Å². The lowest BCUT2D eigenvalue weighted by Gasteiger charge is -2.56. The number of hydrogen-bond donors (Lipinski definition) is 0. The first-order valence-electron chi connectivity index (χ1n) is 33.4. The molecule has 3 amide bonds. The Morgan fingerprint density at radius 2 is 0.738 bits per heavy atom. The molecule has 8 fully saturated rings. The third kappa shape index (κ3) is 11.4. The molecule has 6 bridgehead atoms. The van der Waals surface area contributed by atoms with Gasteiger partial charge in [0.25, 0.3) is 17.7 Å². The summed E-state index contributed by atoms with van der Waals surface area (Å²) >= 11 is 0. The van der Waals surface area contributed by atoms with E-state index in [1.165, 1.54) is 0 Å². The maximum absolute atomic E-state index is 12.2. The number of aromatic nitrogens is 15. The molecule has 504 valence electrons. The Hall–Kier alpha value is -13.9. The summed E-state index contributed by atoms with van der Waals surface area (Å²) in [6.07, 6.45) is 47.1. The van der Waals surface area contributed by atoms with Crippen LogP contribution in [0.15, 0.2) is 148 Å². The van der Waals surface area contributed by atoms with Crippen LogP contribution in [-0.2, 0) is 35.5 Å². The zero-order valence-electron chi connectivity index (χ0n) is 56.1. The van der Waals surface area contributed by atoms with Gasteiger partial charge in [0.1, 0.15) is 35.7 Å².